The molecule has 0 aliphatic rings. The number of nitrogens with two attached hydrogens (primary N) is 2. The van der Waals surface area contributed by atoms with Crippen LogP contribution in [0.2, 0.25) is 0 Å². The van der Waals surface area contributed by atoms with Crippen molar-refractivity contribution in [1.29, 1.82) is 0 Å². The minimum absolute atomic E-state index is 0.0252. The van der Waals surface area contributed by atoms with Crippen molar-refractivity contribution in [3.05, 3.63) is 24.3 Å². The molecule has 7 N–H and O–H groups in total. The second-order valence-electron chi connectivity index (χ2n) is 43.4. The van der Waals surface area contributed by atoms with Crippen LogP contribution < -0.4 is 16.8 Å². The Balaban J connectivity index is 6.16. The molecule has 0 aromatic heterocycles. The van der Waals surface area contributed by atoms with E-state index in [9.17, 15) is 58.2 Å². The van der Waals surface area contributed by atoms with Crippen LogP contribution in [0.5, 0.6) is 0 Å². The number of carbonyl (C=O) groups is 10. The maximum Gasteiger partial charge on any atom is 0.242 e. The van der Waals surface area contributed by atoms with Crippen LogP contribution in [0.25, 0.3) is 0 Å². The van der Waals surface area contributed by atoms with Gasteiger partial charge in [0.15, 0.2) is 0 Å². The lowest BCUT2D eigenvalue weighted by Gasteiger charge is -2.31. The average molecular weight is 2060 g/mol. The van der Waals surface area contributed by atoms with Crippen molar-refractivity contribution in [3.8, 4) is 0 Å². The predicted molar refractivity (Wildman–Crippen MR) is 613 cm³/mol. The Bertz CT molecular complexity index is 3130. The van der Waals surface area contributed by atoms with Crippen molar-refractivity contribution < 1.29 is 58.2 Å². The molecule has 0 spiro atoms. The van der Waals surface area contributed by atoms with Crippen LogP contribution >= 0.6 is 0 Å². The minimum Gasteiger partial charge on any atom is -0.395 e. The number of hydrogen-bond acceptors (Lipinski definition) is 14. The van der Waals surface area contributed by atoms with E-state index in [0.717, 1.165) is 257 Å². The molecule has 24 heteroatoms. The van der Waals surface area contributed by atoms with Crippen LogP contribution in [0.15, 0.2) is 24.3 Å². The summed E-state index contributed by atoms with van der Waals surface area (Å²) in [7, 11) is 0. The lowest BCUT2D eigenvalue weighted by atomic mass is 9.96. The first-order chi connectivity index (χ1) is 71.2. The SMILES string of the molecule is CCCCCCCC/C=C\CCCCCCCCN(CC(N)=O)C(=O)CN(CCCCCCCCCC)C(=O)CN(CCCCCCCC/C=C\CCCCCCCC)C(=O)CN(CCCCCCCCCCC(C)CCCCCCCCN(CC(N)=O)C(=O)CN(CCCCCCCCCC)C(=O)CN(CCCCCCCCCC)C(=O)CN(CCCCCCCCCC)C(=O)CN(CC)CCO)C(=O)CNCCO. The Morgan fingerprint density at radius 1 is 0.219 bits per heavy atom. The molecular weight excluding hydrogens is 1830 g/mol. The second-order valence-corrected chi connectivity index (χ2v) is 43.4. The van der Waals surface area contributed by atoms with E-state index >= 15 is 0 Å². The van der Waals surface area contributed by atoms with Crippen molar-refractivity contribution in [3.63, 3.8) is 0 Å². The highest BCUT2D eigenvalue weighted by molar-refractivity contribution is 5.93. The van der Waals surface area contributed by atoms with E-state index in [0.29, 0.717) is 97.0 Å². The zero-order valence-electron chi connectivity index (χ0n) is 96.5. The minimum atomic E-state index is -0.604. The summed E-state index contributed by atoms with van der Waals surface area (Å²) in [5, 5.41) is 22.5. The Labute approximate surface area is 897 Å². The Morgan fingerprint density at radius 3 is 0.589 bits per heavy atom. The number of carbonyl (C=O) groups excluding carboxylic acids is 10. The zero-order chi connectivity index (χ0) is 107. The molecule has 0 saturated carbocycles. The average Bonchev–Trinajstić information content (AvgIpc) is 0.864. The number of unbranched alkanes of at least 4 members (excludes halogenated alkanes) is 64. The van der Waals surface area contributed by atoms with E-state index in [4.69, 9.17) is 11.5 Å². The summed E-state index contributed by atoms with van der Waals surface area (Å²) in [6, 6.07) is 0. The van der Waals surface area contributed by atoms with Gasteiger partial charge in [-0.3, -0.25) is 52.8 Å². The van der Waals surface area contributed by atoms with Gasteiger partial charge < -0.3 is 66.2 Å². The van der Waals surface area contributed by atoms with Crippen molar-refractivity contribution in [2.75, 3.05) is 151 Å². The molecular formula is C122H234N12O12. The number of nitrogens with one attached hydrogen (secondary N) is 1. The number of likely N-dealkylation sites (N-methyl/N-ethyl adjacent to an activating group) is 1. The Morgan fingerprint density at radius 2 is 0.397 bits per heavy atom. The number of hydrogen-bond donors (Lipinski definition) is 5. The fraction of sp³-hybridized carbons (Fsp3) is 0.885. The van der Waals surface area contributed by atoms with Crippen LogP contribution in [0, 0.1) is 5.92 Å². The van der Waals surface area contributed by atoms with Crippen LogP contribution in [-0.4, -0.2) is 264 Å². The zero-order valence-corrected chi connectivity index (χ0v) is 96.5. The molecule has 0 radical (unpaired) electrons. The summed E-state index contributed by atoms with van der Waals surface area (Å²) in [5.74, 6) is -2.82. The highest BCUT2D eigenvalue weighted by atomic mass is 16.3. The molecule has 854 valence electrons. The summed E-state index contributed by atoms with van der Waals surface area (Å²) >= 11 is 0. The third-order valence-corrected chi connectivity index (χ3v) is 29.5. The molecule has 24 nitrogen and oxygen atoms in total. The van der Waals surface area contributed by atoms with Gasteiger partial charge in [0.05, 0.1) is 78.7 Å². The lowest BCUT2D eigenvalue weighted by Crippen LogP contribution is -2.51. The summed E-state index contributed by atoms with van der Waals surface area (Å²) in [6.07, 6.45) is 92.8. The summed E-state index contributed by atoms with van der Waals surface area (Å²) in [5.41, 5.74) is 11.7. The van der Waals surface area contributed by atoms with Crippen molar-refractivity contribution in [1.82, 2.24) is 49.4 Å². The van der Waals surface area contributed by atoms with Crippen LogP contribution in [-0.2, 0) is 47.9 Å². The molecule has 1 unspecified atom stereocenters. The van der Waals surface area contributed by atoms with Crippen LogP contribution in [0.3, 0.4) is 0 Å². The molecule has 1 atom stereocenters. The molecule has 0 aliphatic heterocycles. The van der Waals surface area contributed by atoms with Gasteiger partial charge in [-0.1, -0.05) is 465 Å². The smallest absolute Gasteiger partial charge is 0.242 e. The largest absolute Gasteiger partial charge is 0.395 e. The van der Waals surface area contributed by atoms with E-state index in [-0.39, 0.29) is 132 Å². The van der Waals surface area contributed by atoms with Gasteiger partial charge in [0.1, 0.15) is 0 Å². The van der Waals surface area contributed by atoms with E-state index < -0.39 is 11.8 Å². The third kappa shape index (κ3) is 87.6. The Kier molecular flexibility index (Phi) is 102. The number of rotatable bonds is 113. The van der Waals surface area contributed by atoms with Gasteiger partial charge in [0.25, 0.3) is 0 Å². The van der Waals surface area contributed by atoms with Gasteiger partial charge in [0, 0.05) is 65.4 Å². The monoisotopic (exact) mass is 2060 g/mol. The lowest BCUT2D eigenvalue weighted by molar-refractivity contribution is -0.146. The molecule has 0 rings (SSSR count). The van der Waals surface area contributed by atoms with E-state index in [1.54, 1.807) is 29.4 Å². The molecule has 0 aromatic carbocycles. The van der Waals surface area contributed by atoms with Gasteiger partial charge in [-0.2, -0.15) is 0 Å². The first-order valence-electron chi connectivity index (χ1n) is 61.9. The maximum atomic E-state index is 15.0. The van der Waals surface area contributed by atoms with Crippen molar-refractivity contribution >= 4 is 59.1 Å². The normalized spacial score (nSPS) is 11.8. The van der Waals surface area contributed by atoms with Crippen molar-refractivity contribution in [2.45, 2.75) is 543 Å². The fourth-order valence-corrected chi connectivity index (χ4v) is 19.8. The third-order valence-electron chi connectivity index (χ3n) is 29.5. The van der Waals surface area contributed by atoms with Crippen LogP contribution in [0.4, 0.5) is 0 Å². The molecule has 146 heavy (non-hydrogen) atoms. The highest BCUT2D eigenvalue weighted by Gasteiger charge is 2.31. The number of allylic oxidation sites excluding steroid dienone is 4. The number of amides is 10. The first kappa shape index (κ1) is 140. The topological polar surface area (TPSA) is 304 Å². The molecule has 10 amide bonds. The quantitative estimate of drug-likeness (QED) is 0.0279. The van der Waals surface area contributed by atoms with Gasteiger partial charge in [-0.15, -0.1) is 0 Å². The molecule has 0 aliphatic carbocycles. The number of aliphatic hydroxyl groups excluding tert-OH is 2. The first-order valence-corrected chi connectivity index (χ1v) is 61.9. The standard InChI is InChI=1S/C122H234N12O12/c1-9-16-22-28-34-40-42-44-46-48-50-52-55-64-70-80-91-127(103-113(123)137)117(141)107-131(95-84-73-61-37-31-25-19-12-4)121(145)110-133(97-87-76-65-56-53-51-49-47-45-43-41-35-29-23-17-10-2)119(143)106-129(115(139)102-125-90-100-135)93-82-71-66-57-54-58-68-78-88-112(8)89-79-69-59-67-77-81-92-128(104-114(124)138)118(142)108-132(96-85-74-62-38-32-26-20-13-5)122(146)111-134(98-86-75-63-39-33-27-21-14-6)120(144)109-130(116(140)105-126(15-7)99-101-136)94-83-72-60-36-30-24-18-11-3/h44-47,112,125,135-136H,9-43,48-111H2,1-8H3,(H2,123,137)(H2,124,138)/b46-44-,47-45-. The molecule has 0 aromatic rings. The number of primary amides is 2. The van der Waals surface area contributed by atoms with E-state index in [1.165, 1.54) is 215 Å². The second kappa shape index (κ2) is 106. The molecule has 0 bridgehead atoms. The van der Waals surface area contributed by atoms with Gasteiger partial charge in [-0.25, -0.2) is 0 Å². The van der Waals surface area contributed by atoms with Gasteiger partial charge in [0.2, 0.25) is 59.1 Å². The summed E-state index contributed by atoms with van der Waals surface area (Å²) in [4.78, 5) is 157. The van der Waals surface area contributed by atoms with E-state index in [2.05, 4.69) is 78.1 Å². The highest BCUT2D eigenvalue weighted by Crippen LogP contribution is 2.24. The number of aliphatic hydroxyl groups is 2. The van der Waals surface area contributed by atoms with Crippen molar-refractivity contribution in [2.24, 2.45) is 17.4 Å². The molecule has 0 saturated heterocycles. The molecule has 0 heterocycles. The van der Waals surface area contributed by atoms with E-state index in [1.807, 2.05) is 11.8 Å². The summed E-state index contributed by atoms with van der Waals surface area (Å²) in [6.45, 7) is 20.1. The van der Waals surface area contributed by atoms with Crippen LogP contribution in [0.1, 0.15) is 543 Å². The summed E-state index contributed by atoms with van der Waals surface area (Å²) < 4.78 is 0. The number of nitrogens with zero attached hydrogens (tertiary/aromatic N) is 9. The maximum absolute atomic E-state index is 15.0. The predicted octanol–water partition coefficient (Wildman–Crippen LogP) is 26.0. The Hall–Kier alpha value is -5.98. The van der Waals surface area contributed by atoms with Gasteiger partial charge in [-0.05, 0) is 115 Å². The van der Waals surface area contributed by atoms with Gasteiger partial charge >= 0.3 is 0 Å². The fourth-order valence-electron chi connectivity index (χ4n) is 19.8. The molecule has 0 fully saturated rings.